The van der Waals surface area contributed by atoms with Crippen molar-refractivity contribution in [2.45, 2.75) is 77.8 Å². The average molecular weight is 469 g/mol. The monoisotopic (exact) mass is 468 g/mol. The highest BCUT2D eigenvalue weighted by atomic mass is 17.2. The number of rotatable bonds is 5. The van der Waals surface area contributed by atoms with Gasteiger partial charge in [0.2, 0.25) is 12.1 Å². The van der Waals surface area contributed by atoms with Crippen molar-refractivity contribution in [3.8, 4) is 5.75 Å². The van der Waals surface area contributed by atoms with Crippen LogP contribution in [-0.2, 0) is 20.9 Å². The molecule has 9 atom stereocenters. The topological polar surface area (TPSA) is 75.0 Å². The second-order valence-corrected chi connectivity index (χ2v) is 11.3. The lowest BCUT2D eigenvalue weighted by Crippen LogP contribution is -2.55. The SMILES string of the molecule is C[C@H]1[C@@H](Oc2ccc(Cn3ccnc3)cc2)OC23O[C@](C)(OO)CC[C@H]4[C@H](C)CC[C@@H]1[C@]42[C@H]3C. The second kappa shape index (κ2) is 7.79. The lowest BCUT2D eigenvalue weighted by Gasteiger charge is -2.51. The van der Waals surface area contributed by atoms with Crippen LogP contribution >= 0.6 is 0 Å². The van der Waals surface area contributed by atoms with E-state index in [-0.39, 0.29) is 17.3 Å². The van der Waals surface area contributed by atoms with Crippen LogP contribution in [0.5, 0.6) is 5.75 Å². The van der Waals surface area contributed by atoms with Crippen LogP contribution in [0.25, 0.3) is 0 Å². The normalized spacial score (nSPS) is 45.1. The molecule has 7 heteroatoms. The van der Waals surface area contributed by atoms with Crippen molar-refractivity contribution >= 4 is 0 Å². The first-order chi connectivity index (χ1) is 16.3. The minimum absolute atomic E-state index is 0.0467. The molecule has 0 amide bonds. The van der Waals surface area contributed by atoms with Crippen LogP contribution in [0.1, 0.15) is 58.9 Å². The van der Waals surface area contributed by atoms with Gasteiger partial charge in [0.1, 0.15) is 5.75 Å². The van der Waals surface area contributed by atoms with E-state index >= 15 is 0 Å². The zero-order chi connectivity index (χ0) is 23.7. The minimum atomic E-state index is -1.07. The zero-order valence-corrected chi connectivity index (χ0v) is 20.5. The summed E-state index contributed by atoms with van der Waals surface area (Å²) in [5.74, 6) is 0.930. The van der Waals surface area contributed by atoms with Crippen LogP contribution in [0.2, 0.25) is 0 Å². The zero-order valence-electron chi connectivity index (χ0n) is 20.5. The summed E-state index contributed by atoms with van der Waals surface area (Å²) in [6, 6.07) is 8.20. The molecule has 1 spiro atoms. The summed E-state index contributed by atoms with van der Waals surface area (Å²) in [6.45, 7) is 9.49. The van der Waals surface area contributed by atoms with Crippen molar-refractivity contribution in [2.24, 2.45) is 35.0 Å². The Balaban J connectivity index is 1.28. The smallest absolute Gasteiger partial charge is 0.205 e. The van der Waals surface area contributed by atoms with E-state index in [1.807, 2.05) is 36.1 Å². The molecule has 6 rings (SSSR count). The van der Waals surface area contributed by atoms with Crippen LogP contribution < -0.4 is 4.74 Å². The lowest BCUT2D eigenvalue weighted by molar-refractivity contribution is -0.448. The summed E-state index contributed by atoms with van der Waals surface area (Å²) in [5, 5.41) is 9.74. The molecule has 0 radical (unpaired) electrons. The van der Waals surface area contributed by atoms with E-state index in [0.29, 0.717) is 24.2 Å². The summed E-state index contributed by atoms with van der Waals surface area (Å²) in [5.41, 5.74) is 1.14. The van der Waals surface area contributed by atoms with E-state index in [9.17, 15) is 5.26 Å². The van der Waals surface area contributed by atoms with Crippen molar-refractivity contribution < 1.29 is 24.4 Å². The quantitative estimate of drug-likeness (QED) is 0.473. The van der Waals surface area contributed by atoms with Gasteiger partial charge in [-0.1, -0.05) is 39.3 Å². The maximum Gasteiger partial charge on any atom is 0.205 e. The van der Waals surface area contributed by atoms with Gasteiger partial charge in [-0.25, -0.2) is 15.1 Å². The molecule has 2 aliphatic heterocycles. The Bertz CT molecular complexity index is 1030. The summed E-state index contributed by atoms with van der Waals surface area (Å²) >= 11 is 0. The fourth-order valence-electron chi connectivity index (χ4n) is 7.91. The Hall–Kier alpha value is -1.93. The van der Waals surface area contributed by atoms with Gasteiger partial charge in [0, 0.05) is 42.6 Å². The van der Waals surface area contributed by atoms with E-state index in [1.54, 1.807) is 6.20 Å². The van der Waals surface area contributed by atoms with Crippen molar-refractivity contribution in [2.75, 3.05) is 0 Å². The number of aromatic nitrogens is 2. The van der Waals surface area contributed by atoms with Gasteiger partial charge in [-0.15, -0.1) is 0 Å². The molecule has 2 aliphatic carbocycles. The predicted molar refractivity (Wildman–Crippen MR) is 125 cm³/mol. The van der Waals surface area contributed by atoms with E-state index in [4.69, 9.17) is 19.1 Å². The second-order valence-electron chi connectivity index (χ2n) is 11.3. The molecule has 1 unspecified atom stereocenters. The summed E-state index contributed by atoms with van der Waals surface area (Å²) in [7, 11) is 0. The Kier molecular flexibility index (Phi) is 5.16. The molecule has 1 aromatic carbocycles. The first kappa shape index (κ1) is 22.5. The largest absolute Gasteiger partial charge is 0.465 e. The maximum absolute atomic E-state index is 9.74. The fourth-order valence-corrected chi connectivity index (χ4v) is 7.91. The van der Waals surface area contributed by atoms with E-state index in [2.05, 4.69) is 37.9 Å². The van der Waals surface area contributed by atoms with Gasteiger partial charge in [-0.2, -0.15) is 0 Å². The fraction of sp³-hybridized carbons (Fsp3) is 0.667. The van der Waals surface area contributed by atoms with Crippen LogP contribution in [-0.4, -0.2) is 32.7 Å². The van der Waals surface area contributed by atoms with Gasteiger partial charge >= 0.3 is 0 Å². The number of nitrogens with zero attached hydrogens (tertiary/aromatic N) is 2. The summed E-state index contributed by atoms with van der Waals surface area (Å²) in [6.07, 6.45) is 9.13. The molecule has 1 N–H and O–H groups in total. The molecule has 4 fully saturated rings. The van der Waals surface area contributed by atoms with Crippen LogP contribution in [0.4, 0.5) is 0 Å². The van der Waals surface area contributed by atoms with E-state index in [1.165, 1.54) is 12.0 Å². The number of hydrogen-bond acceptors (Lipinski definition) is 6. The maximum atomic E-state index is 9.74. The predicted octanol–water partition coefficient (Wildman–Crippen LogP) is 5.31. The summed E-state index contributed by atoms with van der Waals surface area (Å²) < 4.78 is 21.9. The molecule has 2 aromatic rings. The number of imidazole rings is 1. The van der Waals surface area contributed by atoms with E-state index < -0.39 is 17.9 Å². The Morgan fingerprint density at radius 3 is 2.62 bits per heavy atom. The van der Waals surface area contributed by atoms with Gasteiger partial charge < -0.3 is 18.8 Å². The van der Waals surface area contributed by atoms with E-state index in [0.717, 1.165) is 25.1 Å². The first-order valence-electron chi connectivity index (χ1n) is 12.7. The number of hydrogen-bond donors (Lipinski definition) is 1. The van der Waals surface area contributed by atoms with Gasteiger partial charge in [0.25, 0.3) is 0 Å². The molecular weight excluding hydrogens is 432 g/mol. The van der Waals surface area contributed by atoms with Crippen LogP contribution in [0, 0.1) is 35.0 Å². The molecule has 2 saturated carbocycles. The molecule has 1 aromatic heterocycles. The van der Waals surface area contributed by atoms with Crippen molar-refractivity contribution in [3.63, 3.8) is 0 Å². The first-order valence-corrected chi connectivity index (χ1v) is 12.7. The standard InChI is InChI=1S/C27H36N2O5/c1-17-5-10-23-18(2)24(31-21-8-6-20(7-9-21)15-29-14-13-28-16-29)32-27-19(3)26(23,27)22(17)11-12-25(4,33-27)34-30/h6-9,13-14,16-19,22-24,30H,5,10-12,15H2,1-4H3/t17-,18-,19-,22+,23+,24+,25-,26+,27?/m1/s1. The third-order valence-electron chi connectivity index (χ3n) is 9.58. The van der Waals surface area contributed by atoms with Crippen LogP contribution in [0.15, 0.2) is 43.0 Å². The molecule has 0 bridgehead atoms. The van der Waals surface area contributed by atoms with Crippen molar-refractivity contribution in [1.82, 2.24) is 9.55 Å². The van der Waals surface area contributed by atoms with Crippen molar-refractivity contribution in [3.05, 3.63) is 48.5 Å². The minimum Gasteiger partial charge on any atom is -0.465 e. The lowest BCUT2D eigenvalue weighted by atomic mass is 9.58. The highest BCUT2D eigenvalue weighted by molar-refractivity contribution is 5.30. The van der Waals surface area contributed by atoms with Gasteiger partial charge in [0.05, 0.1) is 6.33 Å². The average Bonchev–Trinajstić information content (AvgIpc) is 3.12. The molecular formula is C27H36N2O5. The highest BCUT2D eigenvalue weighted by Gasteiger charge is 2.88. The number of ether oxygens (including phenoxy) is 3. The van der Waals surface area contributed by atoms with Gasteiger partial charge in [-0.3, -0.25) is 0 Å². The third-order valence-corrected chi connectivity index (χ3v) is 9.58. The van der Waals surface area contributed by atoms with Crippen molar-refractivity contribution in [1.29, 1.82) is 0 Å². The molecule has 7 nitrogen and oxygen atoms in total. The molecule has 4 aliphatic rings. The molecule has 184 valence electrons. The summed E-state index contributed by atoms with van der Waals surface area (Å²) in [4.78, 5) is 9.02. The van der Waals surface area contributed by atoms with Gasteiger partial charge in [-0.05, 0) is 55.2 Å². The van der Waals surface area contributed by atoms with Gasteiger partial charge in [0.15, 0.2) is 5.79 Å². The highest BCUT2D eigenvalue weighted by Crippen LogP contribution is 2.81. The number of benzene rings is 1. The molecule has 3 heterocycles. The molecule has 2 saturated heterocycles. The third kappa shape index (κ3) is 3.06. The van der Waals surface area contributed by atoms with Crippen LogP contribution in [0.3, 0.4) is 0 Å². The Morgan fingerprint density at radius 2 is 1.91 bits per heavy atom. The Labute approximate surface area is 201 Å². The Morgan fingerprint density at radius 1 is 1.12 bits per heavy atom. The molecule has 34 heavy (non-hydrogen) atoms.